The lowest BCUT2D eigenvalue weighted by Crippen LogP contribution is -2.35. The van der Waals surface area contributed by atoms with E-state index in [1.165, 1.54) is 60.4 Å². The summed E-state index contributed by atoms with van der Waals surface area (Å²) in [5.74, 6) is 1.36. The van der Waals surface area contributed by atoms with Gasteiger partial charge in [-0.05, 0) is 75.7 Å². The summed E-state index contributed by atoms with van der Waals surface area (Å²) < 4.78 is 11.1. The maximum Gasteiger partial charge on any atom is 0.234 e. The lowest BCUT2D eigenvalue weighted by molar-refractivity contribution is 0.666. The Labute approximate surface area is 348 Å². The monoisotopic (exact) mass is 779 g/mol. The molecule has 0 bridgehead atoms. The van der Waals surface area contributed by atoms with Crippen LogP contribution in [0, 0.1) is 0 Å². The van der Waals surface area contributed by atoms with Crippen LogP contribution in [0.3, 0.4) is 0 Å². The van der Waals surface area contributed by atoms with E-state index in [-0.39, 0.29) is 6.17 Å². The van der Waals surface area contributed by atoms with Gasteiger partial charge in [-0.15, -0.1) is 0 Å². The van der Waals surface area contributed by atoms with Crippen molar-refractivity contribution in [3.8, 4) is 27.9 Å². The minimum absolute atomic E-state index is 0.381. The van der Waals surface area contributed by atoms with Gasteiger partial charge in [-0.25, -0.2) is 4.99 Å². The Morgan fingerprint density at radius 1 is 0.393 bits per heavy atom. The highest BCUT2D eigenvalue weighted by Crippen LogP contribution is 2.50. The molecule has 1 N–H and O–H groups in total. The molecule has 61 heavy (non-hydrogen) atoms. The van der Waals surface area contributed by atoms with E-state index >= 15 is 0 Å². The SMILES string of the molecule is c1ccc(C2N=C(n3c4ccccc4c4c5c6ccccc6n(-c6ccc7c8c(cccc68)-c6ccccc6-7)c5ccc43)N=C(c3cccc4oc5ccccc5c34)N2)cc1. The van der Waals surface area contributed by atoms with Crippen molar-refractivity contribution in [2.24, 2.45) is 9.98 Å². The molecule has 4 heterocycles. The number of aromatic nitrogens is 2. The summed E-state index contributed by atoms with van der Waals surface area (Å²) in [5.41, 5.74) is 14.5. The molecule has 12 aromatic rings. The molecule has 3 aromatic heterocycles. The molecule has 1 aliphatic heterocycles. The Morgan fingerprint density at radius 2 is 0.967 bits per heavy atom. The van der Waals surface area contributed by atoms with E-state index in [9.17, 15) is 0 Å². The van der Waals surface area contributed by atoms with Crippen molar-refractivity contribution in [2.45, 2.75) is 6.17 Å². The molecule has 0 spiro atoms. The fourth-order valence-corrected chi connectivity index (χ4v) is 10.4. The molecule has 14 rings (SSSR count). The molecule has 9 aromatic carbocycles. The highest BCUT2D eigenvalue weighted by Gasteiger charge is 2.28. The van der Waals surface area contributed by atoms with Crippen LogP contribution in [-0.4, -0.2) is 20.9 Å². The molecule has 0 fully saturated rings. The average molecular weight is 780 g/mol. The smallest absolute Gasteiger partial charge is 0.234 e. The molecule has 284 valence electrons. The largest absolute Gasteiger partial charge is 0.456 e. The Morgan fingerprint density at radius 3 is 1.75 bits per heavy atom. The van der Waals surface area contributed by atoms with Gasteiger partial charge in [0, 0.05) is 43.3 Å². The van der Waals surface area contributed by atoms with Crippen molar-refractivity contribution in [3.05, 3.63) is 199 Å². The second-order valence-electron chi connectivity index (χ2n) is 16.1. The highest BCUT2D eigenvalue weighted by atomic mass is 16.3. The topological polar surface area (TPSA) is 59.8 Å². The summed E-state index contributed by atoms with van der Waals surface area (Å²) >= 11 is 0. The van der Waals surface area contributed by atoms with Gasteiger partial charge in [0.15, 0.2) is 0 Å². The zero-order valence-corrected chi connectivity index (χ0v) is 32.7. The first-order chi connectivity index (χ1) is 30.3. The minimum atomic E-state index is -0.381. The van der Waals surface area contributed by atoms with Crippen molar-refractivity contribution in [1.82, 2.24) is 14.5 Å². The Hall–Kier alpha value is -8.22. The molecule has 1 atom stereocenters. The number of furan rings is 1. The molecule has 1 unspecified atom stereocenters. The number of benzene rings is 9. The normalized spacial score (nSPS) is 14.7. The van der Waals surface area contributed by atoms with E-state index in [2.05, 4.69) is 172 Å². The quantitative estimate of drug-likeness (QED) is 0.194. The summed E-state index contributed by atoms with van der Waals surface area (Å²) in [6, 6.07) is 67.1. The molecular formula is C55H33N5O. The van der Waals surface area contributed by atoms with Crippen LogP contribution < -0.4 is 5.32 Å². The van der Waals surface area contributed by atoms with Crippen molar-refractivity contribution in [3.63, 3.8) is 0 Å². The van der Waals surface area contributed by atoms with Gasteiger partial charge in [-0.2, -0.15) is 4.99 Å². The van der Waals surface area contributed by atoms with Crippen LogP contribution in [0.1, 0.15) is 17.3 Å². The summed E-state index contributed by atoms with van der Waals surface area (Å²) in [6.07, 6.45) is -0.381. The van der Waals surface area contributed by atoms with Crippen LogP contribution >= 0.6 is 0 Å². The molecular weight excluding hydrogens is 747 g/mol. The van der Waals surface area contributed by atoms with Crippen LogP contribution in [0.15, 0.2) is 202 Å². The summed E-state index contributed by atoms with van der Waals surface area (Å²) in [4.78, 5) is 10.9. The molecule has 1 aliphatic carbocycles. The number of hydrogen-bond donors (Lipinski definition) is 1. The van der Waals surface area contributed by atoms with Crippen LogP contribution in [-0.2, 0) is 0 Å². The number of nitrogens with one attached hydrogen (secondary N) is 1. The van der Waals surface area contributed by atoms with Crippen molar-refractivity contribution >= 4 is 88.1 Å². The van der Waals surface area contributed by atoms with Gasteiger partial charge < -0.3 is 14.3 Å². The lowest BCUT2D eigenvalue weighted by Gasteiger charge is -2.24. The second-order valence-corrected chi connectivity index (χ2v) is 16.1. The van der Waals surface area contributed by atoms with E-state index in [4.69, 9.17) is 14.4 Å². The number of amidine groups is 1. The first-order valence-electron chi connectivity index (χ1n) is 20.8. The molecule has 0 amide bonds. The summed E-state index contributed by atoms with van der Waals surface area (Å²) in [6.45, 7) is 0. The number of aliphatic imine (C=N–C) groups is 2. The van der Waals surface area contributed by atoms with Crippen LogP contribution in [0.25, 0.3) is 104 Å². The maximum atomic E-state index is 6.35. The van der Waals surface area contributed by atoms with Crippen molar-refractivity contribution in [1.29, 1.82) is 0 Å². The third-order valence-electron chi connectivity index (χ3n) is 12.9. The molecule has 6 heteroatoms. The second kappa shape index (κ2) is 12.2. The molecule has 0 radical (unpaired) electrons. The molecule has 2 aliphatic rings. The first-order valence-corrected chi connectivity index (χ1v) is 20.8. The third-order valence-corrected chi connectivity index (χ3v) is 12.9. The van der Waals surface area contributed by atoms with Gasteiger partial charge in [0.25, 0.3) is 0 Å². The standard InChI is InChI=1S/C55H33N5O/c1-2-14-32(15-3-1)53-56-54(41-23-13-27-48-50(41)40-20-8-11-26-47(40)61-48)58-55(57-53)60-43-25-10-7-19-39(43)52-46(60)31-30-45-51(52)38-18-6-9-24-42(38)59(45)44-29-28-36-34-17-5-4-16-33(34)35-21-12-22-37(44)49(35)36/h1-31,53H,(H,56,57,58). The summed E-state index contributed by atoms with van der Waals surface area (Å²) in [5, 5.41) is 13.1. The number of hydrogen-bond acceptors (Lipinski definition) is 4. The van der Waals surface area contributed by atoms with E-state index in [1.54, 1.807) is 0 Å². The molecule has 0 saturated carbocycles. The third kappa shape index (κ3) is 4.45. The number of rotatable bonds is 3. The van der Waals surface area contributed by atoms with Gasteiger partial charge in [0.05, 0.1) is 27.8 Å². The van der Waals surface area contributed by atoms with E-state index in [0.29, 0.717) is 5.96 Å². The van der Waals surface area contributed by atoms with Gasteiger partial charge in [-0.3, -0.25) is 4.57 Å². The predicted molar refractivity (Wildman–Crippen MR) is 251 cm³/mol. The van der Waals surface area contributed by atoms with Crippen LogP contribution in [0.4, 0.5) is 0 Å². The number of fused-ring (bicyclic) bond motifs is 13. The number of nitrogens with zero attached hydrogens (tertiary/aromatic N) is 4. The fraction of sp³-hybridized carbons (Fsp3) is 0.0182. The Balaban J connectivity index is 1.05. The molecule has 0 saturated heterocycles. The van der Waals surface area contributed by atoms with Gasteiger partial charge in [0.1, 0.15) is 23.2 Å². The van der Waals surface area contributed by atoms with Crippen LogP contribution in [0.2, 0.25) is 0 Å². The van der Waals surface area contributed by atoms with Crippen molar-refractivity contribution < 1.29 is 4.42 Å². The van der Waals surface area contributed by atoms with Gasteiger partial charge in [0.2, 0.25) is 5.96 Å². The maximum absolute atomic E-state index is 6.35. The van der Waals surface area contributed by atoms with Crippen molar-refractivity contribution in [2.75, 3.05) is 0 Å². The van der Waals surface area contributed by atoms with Gasteiger partial charge >= 0.3 is 0 Å². The van der Waals surface area contributed by atoms with E-state index in [1.807, 2.05) is 30.3 Å². The molecule has 6 nitrogen and oxygen atoms in total. The van der Waals surface area contributed by atoms with E-state index < -0.39 is 0 Å². The fourth-order valence-electron chi connectivity index (χ4n) is 10.4. The highest BCUT2D eigenvalue weighted by molar-refractivity contribution is 6.31. The van der Waals surface area contributed by atoms with E-state index in [0.717, 1.165) is 60.8 Å². The van der Waals surface area contributed by atoms with Crippen LogP contribution in [0.5, 0.6) is 0 Å². The summed E-state index contributed by atoms with van der Waals surface area (Å²) in [7, 11) is 0. The average Bonchev–Trinajstić information content (AvgIpc) is 4.07. The lowest BCUT2D eigenvalue weighted by atomic mass is 10.0. The Bertz CT molecular complexity index is 3890. The van der Waals surface area contributed by atoms with Gasteiger partial charge in [-0.1, -0.05) is 146 Å². The number of para-hydroxylation sites is 3. The predicted octanol–water partition coefficient (Wildman–Crippen LogP) is 13.5. The Kier molecular flexibility index (Phi) is 6.52. The minimum Gasteiger partial charge on any atom is -0.456 e. The zero-order chi connectivity index (χ0) is 39.8. The zero-order valence-electron chi connectivity index (χ0n) is 32.7. The first kappa shape index (κ1) is 32.7.